The Labute approximate surface area is 104 Å². The summed E-state index contributed by atoms with van der Waals surface area (Å²) in [5, 5.41) is 7.74. The lowest BCUT2D eigenvalue weighted by Crippen LogP contribution is -2.09. The van der Waals surface area contributed by atoms with Crippen molar-refractivity contribution in [1.82, 2.24) is 15.0 Å². The molecule has 0 aliphatic rings. The van der Waals surface area contributed by atoms with E-state index in [-0.39, 0.29) is 5.82 Å². The first kappa shape index (κ1) is 12.5. The number of benzene rings is 1. The lowest BCUT2D eigenvalue weighted by molar-refractivity contribution is 0.288. The van der Waals surface area contributed by atoms with Gasteiger partial charge < -0.3 is 10.5 Å². The van der Waals surface area contributed by atoms with Crippen LogP contribution in [0.4, 0.5) is 4.39 Å². The van der Waals surface area contributed by atoms with E-state index in [1.807, 2.05) is 0 Å². The molecule has 0 amide bonds. The SMILES string of the molecule is Cc1ccc(OCCn2cc(CN)nn2)cc1F. The van der Waals surface area contributed by atoms with E-state index in [9.17, 15) is 4.39 Å². The minimum Gasteiger partial charge on any atom is -0.492 e. The Morgan fingerprint density at radius 1 is 1.44 bits per heavy atom. The van der Waals surface area contributed by atoms with Crippen molar-refractivity contribution in [2.24, 2.45) is 5.73 Å². The highest BCUT2D eigenvalue weighted by atomic mass is 19.1. The zero-order valence-corrected chi connectivity index (χ0v) is 10.1. The van der Waals surface area contributed by atoms with Crippen molar-refractivity contribution in [3.63, 3.8) is 0 Å². The number of ether oxygens (including phenoxy) is 1. The van der Waals surface area contributed by atoms with E-state index in [1.54, 1.807) is 29.9 Å². The zero-order chi connectivity index (χ0) is 13.0. The number of nitrogens with zero attached hydrogens (tertiary/aromatic N) is 3. The van der Waals surface area contributed by atoms with E-state index in [0.717, 1.165) is 5.69 Å². The molecule has 0 unspecified atom stereocenters. The van der Waals surface area contributed by atoms with Crippen LogP contribution < -0.4 is 10.5 Å². The quantitative estimate of drug-likeness (QED) is 0.867. The largest absolute Gasteiger partial charge is 0.492 e. The van der Waals surface area contributed by atoms with Crippen LogP contribution in [-0.2, 0) is 13.1 Å². The van der Waals surface area contributed by atoms with Gasteiger partial charge in [0, 0.05) is 18.8 Å². The van der Waals surface area contributed by atoms with Gasteiger partial charge in [-0.3, -0.25) is 0 Å². The number of halogens is 1. The summed E-state index contributed by atoms with van der Waals surface area (Å²) < 4.78 is 20.3. The van der Waals surface area contributed by atoms with Crippen LogP contribution in [0.25, 0.3) is 0 Å². The van der Waals surface area contributed by atoms with Gasteiger partial charge in [-0.1, -0.05) is 11.3 Å². The smallest absolute Gasteiger partial charge is 0.129 e. The highest BCUT2D eigenvalue weighted by Crippen LogP contribution is 2.15. The number of hydrogen-bond donors (Lipinski definition) is 1. The lowest BCUT2D eigenvalue weighted by atomic mass is 10.2. The maximum atomic E-state index is 13.3. The first-order chi connectivity index (χ1) is 8.69. The third kappa shape index (κ3) is 3.04. The van der Waals surface area contributed by atoms with Gasteiger partial charge in [0.15, 0.2) is 0 Å². The van der Waals surface area contributed by atoms with Gasteiger partial charge in [0.2, 0.25) is 0 Å². The number of nitrogens with two attached hydrogens (primary N) is 1. The molecule has 2 aromatic rings. The molecule has 0 aliphatic heterocycles. The lowest BCUT2D eigenvalue weighted by Gasteiger charge is -2.06. The van der Waals surface area contributed by atoms with Crippen LogP contribution in [0, 0.1) is 12.7 Å². The van der Waals surface area contributed by atoms with Crippen LogP contribution in [0.3, 0.4) is 0 Å². The van der Waals surface area contributed by atoms with Crippen molar-refractivity contribution in [3.05, 3.63) is 41.5 Å². The number of rotatable bonds is 5. The van der Waals surface area contributed by atoms with E-state index in [4.69, 9.17) is 10.5 Å². The molecular weight excluding hydrogens is 235 g/mol. The average molecular weight is 250 g/mol. The minimum absolute atomic E-state index is 0.265. The Bertz CT molecular complexity index is 527. The van der Waals surface area contributed by atoms with Gasteiger partial charge in [-0.25, -0.2) is 9.07 Å². The van der Waals surface area contributed by atoms with E-state index in [0.29, 0.717) is 31.0 Å². The minimum atomic E-state index is -0.265. The second-order valence-electron chi connectivity index (χ2n) is 3.94. The Morgan fingerprint density at radius 2 is 2.28 bits per heavy atom. The summed E-state index contributed by atoms with van der Waals surface area (Å²) in [7, 11) is 0. The normalized spacial score (nSPS) is 10.6. The van der Waals surface area contributed by atoms with E-state index in [1.165, 1.54) is 6.07 Å². The monoisotopic (exact) mass is 250 g/mol. The summed E-state index contributed by atoms with van der Waals surface area (Å²) in [6.45, 7) is 3.02. The molecule has 96 valence electrons. The van der Waals surface area contributed by atoms with Crippen LogP contribution in [0.2, 0.25) is 0 Å². The average Bonchev–Trinajstić information content (AvgIpc) is 2.82. The second-order valence-corrected chi connectivity index (χ2v) is 3.94. The Hall–Kier alpha value is -1.95. The van der Waals surface area contributed by atoms with Gasteiger partial charge in [-0.15, -0.1) is 5.10 Å². The zero-order valence-electron chi connectivity index (χ0n) is 10.1. The molecule has 1 aromatic heterocycles. The summed E-state index contributed by atoms with van der Waals surface area (Å²) in [5.74, 6) is 0.246. The Balaban J connectivity index is 1.86. The Kier molecular flexibility index (Phi) is 3.88. The predicted molar refractivity (Wildman–Crippen MR) is 64.5 cm³/mol. The van der Waals surface area contributed by atoms with E-state index < -0.39 is 0 Å². The topological polar surface area (TPSA) is 66.0 Å². The van der Waals surface area contributed by atoms with Gasteiger partial charge in [0.1, 0.15) is 18.2 Å². The van der Waals surface area contributed by atoms with Crippen LogP contribution >= 0.6 is 0 Å². The van der Waals surface area contributed by atoms with Crippen LogP contribution in [0.1, 0.15) is 11.3 Å². The fourth-order valence-electron chi connectivity index (χ4n) is 1.46. The molecule has 0 radical (unpaired) electrons. The number of hydrogen-bond acceptors (Lipinski definition) is 4. The molecule has 0 aliphatic carbocycles. The summed E-state index contributed by atoms with van der Waals surface area (Å²) in [5.41, 5.74) is 6.76. The highest BCUT2D eigenvalue weighted by molar-refractivity contribution is 5.27. The molecule has 5 nitrogen and oxygen atoms in total. The molecule has 18 heavy (non-hydrogen) atoms. The van der Waals surface area contributed by atoms with Crippen molar-refractivity contribution in [2.45, 2.75) is 20.0 Å². The first-order valence-corrected chi connectivity index (χ1v) is 5.67. The molecule has 2 N–H and O–H groups in total. The third-order valence-corrected chi connectivity index (χ3v) is 2.53. The number of aromatic nitrogens is 3. The molecule has 0 spiro atoms. The van der Waals surface area contributed by atoms with Crippen LogP contribution in [0.15, 0.2) is 24.4 Å². The fourth-order valence-corrected chi connectivity index (χ4v) is 1.46. The molecular formula is C12H15FN4O. The maximum absolute atomic E-state index is 13.3. The third-order valence-electron chi connectivity index (χ3n) is 2.53. The van der Waals surface area contributed by atoms with Crippen molar-refractivity contribution in [1.29, 1.82) is 0 Å². The molecule has 2 rings (SSSR count). The molecule has 1 aromatic carbocycles. The van der Waals surface area contributed by atoms with Crippen molar-refractivity contribution in [2.75, 3.05) is 6.61 Å². The van der Waals surface area contributed by atoms with Crippen LogP contribution in [0.5, 0.6) is 5.75 Å². The standard InChI is InChI=1S/C12H15FN4O/c1-9-2-3-11(6-12(9)13)18-5-4-17-8-10(7-14)15-16-17/h2-3,6,8H,4-5,7,14H2,1H3. The van der Waals surface area contributed by atoms with Crippen molar-refractivity contribution in [3.8, 4) is 5.75 Å². The maximum Gasteiger partial charge on any atom is 0.129 e. The van der Waals surface area contributed by atoms with Crippen molar-refractivity contribution < 1.29 is 9.13 Å². The molecule has 0 saturated heterocycles. The number of aryl methyl sites for hydroxylation is 1. The van der Waals surface area contributed by atoms with Gasteiger partial charge in [0.05, 0.1) is 12.2 Å². The molecule has 0 saturated carbocycles. The van der Waals surface area contributed by atoms with E-state index >= 15 is 0 Å². The van der Waals surface area contributed by atoms with Gasteiger partial charge in [-0.05, 0) is 18.6 Å². The Morgan fingerprint density at radius 3 is 2.94 bits per heavy atom. The predicted octanol–water partition coefficient (Wildman–Crippen LogP) is 1.26. The molecule has 0 fully saturated rings. The molecule has 1 heterocycles. The second kappa shape index (κ2) is 5.59. The summed E-state index contributed by atoms with van der Waals surface area (Å²) in [6.07, 6.45) is 1.76. The molecule has 0 atom stereocenters. The fraction of sp³-hybridized carbons (Fsp3) is 0.333. The summed E-state index contributed by atoms with van der Waals surface area (Å²) >= 11 is 0. The van der Waals surface area contributed by atoms with E-state index in [2.05, 4.69) is 10.3 Å². The first-order valence-electron chi connectivity index (χ1n) is 5.67. The van der Waals surface area contributed by atoms with Gasteiger partial charge >= 0.3 is 0 Å². The molecule has 0 bridgehead atoms. The highest BCUT2D eigenvalue weighted by Gasteiger charge is 2.01. The van der Waals surface area contributed by atoms with Gasteiger partial charge in [-0.2, -0.15) is 0 Å². The molecule has 6 heteroatoms. The van der Waals surface area contributed by atoms with Gasteiger partial charge in [0.25, 0.3) is 0 Å². The van der Waals surface area contributed by atoms with Crippen LogP contribution in [-0.4, -0.2) is 21.6 Å². The summed E-state index contributed by atoms with van der Waals surface area (Å²) in [4.78, 5) is 0. The van der Waals surface area contributed by atoms with Crippen molar-refractivity contribution >= 4 is 0 Å². The summed E-state index contributed by atoms with van der Waals surface area (Å²) in [6, 6.07) is 4.81.